The van der Waals surface area contributed by atoms with Gasteiger partial charge in [0, 0.05) is 37.4 Å². The number of rotatable bonds is 7. The highest BCUT2D eigenvalue weighted by Gasteiger charge is 2.49. The van der Waals surface area contributed by atoms with Crippen LogP contribution in [0.4, 0.5) is 8.78 Å². The Labute approximate surface area is 130 Å². The minimum atomic E-state index is -2.88. The summed E-state index contributed by atoms with van der Waals surface area (Å²) >= 11 is 0. The lowest BCUT2D eigenvalue weighted by atomic mass is 9.90. The van der Waals surface area contributed by atoms with Crippen LogP contribution in [0.1, 0.15) is 39.0 Å². The average molecular weight is 314 g/mol. The smallest absolute Gasteiger partial charge is 0.306 e. The maximum Gasteiger partial charge on any atom is 0.306 e. The third-order valence-electron chi connectivity index (χ3n) is 4.69. The fourth-order valence-corrected chi connectivity index (χ4v) is 3.33. The van der Waals surface area contributed by atoms with Crippen molar-refractivity contribution in [2.45, 2.75) is 57.2 Å². The van der Waals surface area contributed by atoms with Crippen molar-refractivity contribution in [3.05, 3.63) is 24.3 Å². The summed E-state index contributed by atoms with van der Waals surface area (Å²) in [5.41, 5.74) is -0.176. The Morgan fingerprint density at radius 3 is 2.91 bits per heavy atom. The number of allylic oxidation sites excluding steroid dienone is 2. The molecule has 1 aliphatic carbocycles. The van der Waals surface area contributed by atoms with Gasteiger partial charge in [-0.2, -0.15) is 0 Å². The SMILES string of the molecule is C=C(/C=C/[C@H]1C(OC)C[C@@H]2OC(=O)CC12)C(F)(F)CCCC. The van der Waals surface area contributed by atoms with Gasteiger partial charge in [-0.25, -0.2) is 8.78 Å². The molecule has 1 aliphatic heterocycles. The Hall–Kier alpha value is -1.23. The largest absolute Gasteiger partial charge is 0.462 e. The van der Waals surface area contributed by atoms with E-state index in [9.17, 15) is 13.6 Å². The number of unbranched alkanes of at least 4 members (excludes halogenated alkanes) is 1. The van der Waals surface area contributed by atoms with Gasteiger partial charge in [0.1, 0.15) is 6.10 Å². The summed E-state index contributed by atoms with van der Waals surface area (Å²) in [5.74, 6) is -3.16. The first-order chi connectivity index (χ1) is 10.4. The van der Waals surface area contributed by atoms with Crippen LogP contribution in [0, 0.1) is 11.8 Å². The zero-order valence-electron chi connectivity index (χ0n) is 13.2. The molecule has 22 heavy (non-hydrogen) atoms. The second-order valence-electron chi connectivity index (χ2n) is 6.18. The molecule has 2 unspecified atom stereocenters. The number of hydrogen-bond donors (Lipinski definition) is 0. The molecule has 0 radical (unpaired) electrons. The number of alkyl halides is 2. The normalized spacial score (nSPS) is 31.5. The van der Waals surface area contributed by atoms with Crippen molar-refractivity contribution in [3.8, 4) is 0 Å². The van der Waals surface area contributed by atoms with Gasteiger partial charge in [0.05, 0.1) is 12.5 Å². The van der Waals surface area contributed by atoms with Crippen molar-refractivity contribution in [3.63, 3.8) is 0 Å². The van der Waals surface area contributed by atoms with Gasteiger partial charge < -0.3 is 9.47 Å². The highest BCUT2D eigenvalue weighted by molar-refractivity contribution is 5.72. The first-order valence-electron chi connectivity index (χ1n) is 7.86. The van der Waals surface area contributed by atoms with Crippen molar-refractivity contribution >= 4 is 5.97 Å². The molecule has 2 aliphatic rings. The van der Waals surface area contributed by atoms with Gasteiger partial charge in [-0.1, -0.05) is 32.1 Å². The zero-order valence-corrected chi connectivity index (χ0v) is 13.2. The maximum absolute atomic E-state index is 13.9. The third kappa shape index (κ3) is 3.57. The van der Waals surface area contributed by atoms with Crippen LogP contribution < -0.4 is 0 Å². The average Bonchev–Trinajstić information content (AvgIpc) is 2.98. The number of methoxy groups -OCH3 is 1. The summed E-state index contributed by atoms with van der Waals surface area (Å²) in [6, 6.07) is 0. The Bertz CT molecular complexity index is 459. The standard InChI is InChI=1S/C17H24F2O3/c1-4-5-8-17(18,19)11(2)6-7-12-13-9-16(20)22-15(13)10-14(12)21-3/h6-7,12-15H,2,4-5,8-10H2,1,3H3/b7-6+/t12-,13?,14?,15+/m1/s1. The molecule has 0 amide bonds. The van der Waals surface area contributed by atoms with E-state index in [1.807, 2.05) is 6.92 Å². The minimum Gasteiger partial charge on any atom is -0.462 e. The maximum atomic E-state index is 13.9. The molecule has 0 aromatic rings. The molecule has 4 atom stereocenters. The van der Waals surface area contributed by atoms with Gasteiger partial charge in [-0.15, -0.1) is 0 Å². The molecule has 0 bridgehead atoms. The van der Waals surface area contributed by atoms with E-state index in [4.69, 9.17) is 9.47 Å². The second-order valence-corrected chi connectivity index (χ2v) is 6.18. The molecule has 3 nitrogen and oxygen atoms in total. The number of carbonyl (C=O) groups is 1. The molecule has 0 aromatic carbocycles. The summed E-state index contributed by atoms with van der Waals surface area (Å²) < 4.78 is 38.5. The molecule has 5 heteroatoms. The minimum absolute atomic E-state index is 0.0192. The number of carbonyl (C=O) groups excluding carboxylic acids is 1. The topological polar surface area (TPSA) is 35.5 Å². The highest BCUT2D eigenvalue weighted by atomic mass is 19.3. The van der Waals surface area contributed by atoms with E-state index in [-0.39, 0.29) is 42.0 Å². The molecule has 1 saturated carbocycles. The fourth-order valence-electron chi connectivity index (χ4n) is 3.33. The molecule has 1 heterocycles. The fraction of sp³-hybridized carbons (Fsp3) is 0.706. The van der Waals surface area contributed by atoms with E-state index >= 15 is 0 Å². The Morgan fingerprint density at radius 2 is 2.27 bits per heavy atom. The van der Waals surface area contributed by atoms with Crippen LogP contribution in [0.15, 0.2) is 24.3 Å². The lowest BCUT2D eigenvalue weighted by Gasteiger charge is -2.20. The molecule has 0 N–H and O–H groups in total. The van der Waals surface area contributed by atoms with Gasteiger partial charge in [0.25, 0.3) is 5.92 Å². The van der Waals surface area contributed by atoms with Gasteiger partial charge >= 0.3 is 5.97 Å². The monoisotopic (exact) mass is 314 g/mol. The van der Waals surface area contributed by atoms with Crippen molar-refractivity contribution in [2.24, 2.45) is 11.8 Å². The first kappa shape index (κ1) is 17.1. The van der Waals surface area contributed by atoms with E-state index in [1.165, 1.54) is 6.08 Å². The third-order valence-corrected chi connectivity index (χ3v) is 4.69. The van der Waals surface area contributed by atoms with Crippen LogP contribution in [0.25, 0.3) is 0 Å². The Balaban J connectivity index is 2.03. The highest BCUT2D eigenvalue weighted by Crippen LogP contribution is 2.43. The van der Waals surface area contributed by atoms with E-state index in [1.54, 1.807) is 13.2 Å². The number of fused-ring (bicyclic) bond motifs is 1. The second kappa shape index (κ2) is 6.90. The van der Waals surface area contributed by atoms with Gasteiger partial charge in [-0.3, -0.25) is 4.79 Å². The molecule has 1 saturated heterocycles. The zero-order chi connectivity index (χ0) is 16.3. The summed E-state index contributed by atoms with van der Waals surface area (Å²) in [4.78, 5) is 11.4. The van der Waals surface area contributed by atoms with Crippen LogP contribution in [-0.4, -0.2) is 31.2 Å². The van der Waals surface area contributed by atoms with Gasteiger partial charge in [0.15, 0.2) is 0 Å². The lowest BCUT2D eigenvalue weighted by Crippen LogP contribution is -2.21. The van der Waals surface area contributed by atoms with Crippen LogP contribution in [0.3, 0.4) is 0 Å². The number of hydrogen-bond acceptors (Lipinski definition) is 3. The predicted octanol–water partition coefficient (Wildman–Crippen LogP) is 3.89. The van der Waals surface area contributed by atoms with Gasteiger partial charge in [-0.05, 0) is 6.42 Å². The summed E-state index contributed by atoms with van der Waals surface area (Å²) in [6.07, 6.45) is 4.84. The van der Waals surface area contributed by atoms with Crippen molar-refractivity contribution in [1.29, 1.82) is 0 Å². The van der Waals surface area contributed by atoms with Crippen LogP contribution in [-0.2, 0) is 14.3 Å². The quantitative estimate of drug-likeness (QED) is 0.528. The predicted molar refractivity (Wildman–Crippen MR) is 79.6 cm³/mol. The molecular weight excluding hydrogens is 290 g/mol. The Kier molecular flexibility index (Phi) is 5.37. The Morgan fingerprint density at radius 1 is 1.55 bits per heavy atom. The van der Waals surface area contributed by atoms with Crippen LogP contribution in [0.5, 0.6) is 0 Å². The van der Waals surface area contributed by atoms with Crippen molar-refractivity contribution in [2.75, 3.05) is 7.11 Å². The van der Waals surface area contributed by atoms with Gasteiger partial charge in [0.2, 0.25) is 0 Å². The van der Waals surface area contributed by atoms with E-state index in [0.717, 1.165) is 6.42 Å². The number of halogens is 2. The number of ether oxygens (including phenoxy) is 2. The van der Waals surface area contributed by atoms with E-state index in [0.29, 0.717) is 19.3 Å². The van der Waals surface area contributed by atoms with Crippen molar-refractivity contribution in [1.82, 2.24) is 0 Å². The summed E-state index contributed by atoms with van der Waals surface area (Å²) in [6.45, 7) is 5.40. The molecule has 0 aromatic heterocycles. The van der Waals surface area contributed by atoms with Crippen LogP contribution in [0.2, 0.25) is 0 Å². The number of esters is 1. The summed E-state index contributed by atoms with van der Waals surface area (Å²) in [7, 11) is 1.60. The molecular formula is C17H24F2O3. The first-order valence-corrected chi connectivity index (χ1v) is 7.86. The lowest BCUT2D eigenvalue weighted by molar-refractivity contribution is -0.142. The van der Waals surface area contributed by atoms with Crippen LogP contribution >= 0.6 is 0 Å². The van der Waals surface area contributed by atoms with E-state index in [2.05, 4.69) is 6.58 Å². The molecule has 0 spiro atoms. The molecule has 2 rings (SSSR count). The molecule has 2 fully saturated rings. The summed E-state index contributed by atoms with van der Waals surface area (Å²) in [5, 5.41) is 0. The van der Waals surface area contributed by atoms with E-state index < -0.39 is 5.92 Å². The van der Waals surface area contributed by atoms with Crippen molar-refractivity contribution < 1.29 is 23.0 Å². The molecule has 124 valence electrons.